The van der Waals surface area contributed by atoms with Crippen LogP contribution in [0, 0.1) is 11.8 Å². The highest BCUT2D eigenvalue weighted by Crippen LogP contribution is 2.23. The molecule has 1 heterocycles. The molecule has 0 aliphatic carbocycles. The van der Waals surface area contributed by atoms with E-state index in [4.69, 9.17) is 5.73 Å². The Hall–Kier alpha value is -0.0800. The number of hydrogen-bond acceptors (Lipinski definition) is 2. The highest BCUT2D eigenvalue weighted by Gasteiger charge is 2.26. The molecule has 1 aliphatic heterocycles. The maximum atomic E-state index is 5.87. The van der Waals surface area contributed by atoms with Gasteiger partial charge in [0.15, 0.2) is 0 Å². The molecule has 0 aromatic rings. The molecule has 2 heteroatoms. The molecule has 1 saturated heterocycles. The van der Waals surface area contributed by atoms with Gasteiger partial charge in [-0.05, 0) is 31.2 Å². The summed E-state index contributed by atoms with van der Waals surface area (Å²) in [6.45, 7) is 10.3. The van der Waals surface area contributed by atoms with Crippen molar-refractivity contribution in [1.29, 1.82) is 0 Å². The Morgan fingerprint density at radius 1 is 1.33 bits per heavy atom. The molecule has 0 bridgehead atoms. The SMILES string of the molecule is CCC(CC)CN1CCC(C)CC1CN. The van der Waals surface area contributed by atoms with E-state index in [9.17, 15) is 0 Å². The highest BCUT2D eigenvalue weighted by atomic mass is 15.2. The van der Waals surface area contributed by atoms with Crippen LogP contribution in [0.25, 0.3) is 0 Å². The summed E-state index contributed by atoms with van der Waals surface area (Å²) in [5, 5.41) is 0. The largest absolute Gasteiger partial charge is 0.329 e. The van der Waals surface area contributed by atoms with E-state index in [1.807, 2.05) is 0 Å². The zero-order valence-electron chi connectivity index (χ0n) is 10.7. The Labute approximate surface area is 95.2 Å². The summed E-state index contributed by atoms with van der Waals surface area (Å²) in [6.07, 6.45) is 5.27. The molecule has 0 saturated carbocycles. The van der Waals surface area contributed by atoms with Crippen LogP contribution in [0.3, 0.4) is 0 Å². The summed E-state index contributed by atoms with van der Waals surface area (Å²) in [6, 6.07) is 0.648. The van der Waals surface area contributed by atoms with Crippen LogP contribution in [0.5, 0.6) is 0 Å². The molecule has 0 spiro atoms. The maximum Gasteiger partial charge on any atom is 0.0221 e. The molecular formula is C13H28N2. The second-order valence-electron chi connectivity index (χ2n) is 5.20. The molecule has 0 radical (unpaired) electrons. The van der Waals surface area contributed by atoms with Gasteiger partial charge in [-0.1, -0.05) is 33.6 Å². The minimum atomic E-state index is 0.648. The van der Waals surface area contributed by atoms with Crippen LogP contribution in [0.15, 0.2) is 0 Å². The number of nitrogens with two attached hydrogens (primary N) is 1. The Morgan fingerprint density at radius 3 is 2.53 bits per heavy atom. The molecule has 1 fully saturated rings. The fourth-order valence-electron chi connectivity index (χ4n) is 2.66. The van der Waals surface area contributed by atoms with Crippen LogP contribution in [0.1, 0.15) is 46.5 Å². The fraction of sp³-hybridized carbons (Fsp3) is 1.00. The number of rotatable bonds is 5. The highest BCUT2D eigenvalue weighted by molar-refractivity contribution is 4.81. The van der Waals surface area contributed by atoms with Crippen molar-refractivity contribution in [3.63, 3.8) is 0 Å². The summed E-state index contributed by atoms with van der Waals surface area (Å²) in [4.78, 5) is 2.64. The first kappa shape index (κ1) is 13.0. The fourth-order valence-corrected chi connectivity index (χ4v) is 2.66. The molecule has 0 amide bonds. The predicted octanol–water partition coefficient (Wildman–Crippen LogP) is 2.48. The normalized spacial score (nSPS) is 28.6. The van der Waals surface area contributed by atoms with Crippen LogP contribution in [0.2, 0.25) is 0 Å². The lowest BCUT2D eigenvalue weighted by atomic mass is 9.91. The van der Waals surface area contributed by atoms with E-state index in [1.165, 1.54) is 38.8 Å². The van der Waals surface area contributed by atoms with Crippen molar-refractivity contribution in [2.24, 2.45) is 17.6 Å². The van der Waals surface area contributed by atoms with Crippen molar-refractivity contribution in [3.8, 4) is 0 Å². The summed E-state index contributed by atoms with van der Waals surface area (Å²) in [7, 11) is 0. The molecule has 2 nitrogen and oxygen atoms in total. The second-order valence-corrected chi connectivity index (χ2v) is 5.20. The zero-order chi connectivity index (χ0) is 11.3. The number of hydrogen-bond donors (Lipinski definition) is 1. The average molecular weight is 212 g/mol. The van der Waals surface area contributed by atoms with E-state index < -0.39 is 0 Å². The Morgan fingerprint density at radius 2 is 2.00 bits per heavy atom. The van der Waals surface area contributed by atoms with Gasteiger partial charge in [-0.25, -0.2) is 0 Å². The summed E-state index contributed by atoms with van der Waals surface area (Å²) in [5.41, 5.74) is 5.87. The van der Waals surface area contributed by atoms with Gasteiger partial charge in [-0.15, -0.1) is 0 Å². The van der Waals surface area contributed by atoms with Crippen molar-refractivity contribution >= 4 is 0 Å². The molecule has 15 heavy (non-hydrogen) atoms. The van der Waals surface area contributed by atoms with Crippen LogP contribution in [-0.4, -0.2) is 30.6 Å². The van der Waals surface area contributed by atoms with Crippen molar-refractivity contribution in [2.75, 3.05) is 19.6 Å². The third-order valence-corrected chi connectivity index (χ3v) is 4.02. The van der Waals surface area contributed by atoms with Gasteiger partial charge in [-0.3, -0.25) is 4.90 Å². The first-order chi connectivity index (χ1) is 7.21. The number of nitrogens with zero attached hydrogens (tertiary/aromatic N) is 1. The van der Waals surface area contributed by atoms with Gasteiger partial charge in [0.05, 0.1) is 0 Å². The lowest BCUT2D eigenvalue weighted by Crippen LogP contribution is -2.47. The van der Waals surface area contributed by atoms with Gasteiger partial charge < -0.3 is 5.73 Å². The molecule has 2 atom stereocenters. The molecule has 0 aromatic heterocycles. The summed E-state index contributed by atoms with van der Waals surface area (Å²) >= 11 is 0. The Bertz CT molecular complexity index is 166. The van der Waals surface area contributed by atoms with Crippen LogP contribution in [-0.2, 0) is 0 Å². The molecular weight excluding hydrogens is 184 g/mol. The number of likely N-dealkylation sites (tertiary alicyclic amines) is 1. The first-order valence-corrected chi connectivity index (χ1v) is 6.65. The lowest BCUT2D eigenvalue weighted by Gasteiger charge is -2.39. The van der Waals surface area contributed by atoms with Gasteiger partial charge in [0.25, 0.3) is 0 Å². The smallest absolute Gasteiger partial charge is 0.0221 e. The zero-order valence-corrected chi connectivity index (χ0v) is 10.7. The Kier molecular flexibility index (Phi) is 5.62. The van der Waals surface area contributed by atoms with Gasteiger partial charge in [-0.2, -0.15) is 0 Å². The molecule has 2 unspecified atom stereocenters. The van der Waals surface area contributed by atoms with Crippen LogP contribution < -0.4 is 5.73 Å². The third-order valence-electron chi connectivity index (χ3n) is 4.02. The standard InChI is InChI=1S/C13H28N2/c1-4-12(5-2)10-15-7-6-11(3)8-13(15)9-14/h11-13H,4-10,14H2,1-3H3. The van der Waals surface area contributed by atoms with Gasteiger partial charge in [0.2, 0.25) is 0 Å². The molecule has 90 valence electrons. The van der Waals surface area contributed by atoms with Gasteiger partial charge in [0, 0.05) is 19.1 Å². The molecule has 0 aromatic carbocycles. The van der Waals surface area contributed by atoms with E-state index in [-0.39, 0.29) is 0 Å². The van der Waals surface area contributed by atoms with Crippen molar-refractivity contribution < 1.29 is 0 Å². The Balaban J connectivity index is 2.44. The minimum Gasteiger partial charge on any atom is -0.329 e. The van der Waals surface area contributed by atoms with E-state index in [2.05, 4.69) is 25.7 Å². The average Bonchev–Trinajstić information content (AvgIpc) is 2.27. The summed E-state index contributed by atoms with van der Waals surface area (Å²) in [5.74, 6) is 1.74. The van der Waals surface area contributed by atoms with Crippen LogP contribution >= 0.6 is 0 Å². The second kappa shape index (κ2) is 6.49. The first-order valence-electron chi connectivity index (χ1n) is 6.65. The van der Waals surface area contributed by atoms with E-state index in [1.54, 1.807) is 0 Å². The quantitative estimate of drug-likeness (QED) is 0.758. The third kappa shape index (κ3) is 3.76. The van der Waals surface area contributed by atoms with Crippen molar-refractivity contribution in [1.82, 2.24) is 4.90 Å². The van der Waals surface area contributed by atoms with E-state index in [0.29, 0.717) is 6.04 Å². The van der Waals surface area contributed by atoms with Crippen molar-refractivity contribution in [3.05, 3.63) is 0 Å². The predicted molar refractivity (Wildman–Crippen MR) is 66.9 cm³/mol. The topological polar surface area (TPSA) is 29.3 Å². The van der Waals surface area contributed by atoms with Gasteiger partial charge >= 0.3 is 0 Å². The van der Waals surface area contributed by atoms with E-state index >= 15 is 0 Å². The lowest BCUT2D eigenvalue weighted by molar-refractivity contribution is 0.101. The molecule has 2 N–H and O–H groups in total. The van der Waals surface area contributed by atoms with Crippen LogP contribution in [0.4, 0.5) is 0 Å². The van der Waals surface area contributed by atoms with Gasteiger partial charge in [0.1, 0.15) is 0 Å². The number of piperidine rings is 1. The monoisotopic (exact) mass is 212 g/mol. The summed E-state index contributed by atoms with van der Waals surface area (Å²) < 4.78 is 0. The molecule has 1 aliphatic rings. The molecule has 1 rings (SSSR count). The van der Waals surface area contributed by atoms with E-state index in [0.717, 1.165) is 18.4 Å². The van der Waals surface area contributed by atoms with Crippen molar-refractivity contribution in [2.45, 2.75) is 52.5 Å². The minimum absolute atomic E-state index is 0.648. The maximum absolute atomic E-state index is 5.87.